The Morgan fingerprint density at radius 2 is 2.04 bits per heavy atom. The predicted octanol–water partition coefficient (Wildman–Crippen LogP) is 2.44. The van der Waals surface area contributed by atoms with Crippen molar-refractivity contribution in [3.63, 3.8) is 0 Å². The van der Waals surface area contributed by atoms with Crippen molar-refractivity contribution >= 4 is 23.3 Å². The molecule has 27 heavy (non-hydrogen) atoms. The molecule has 0 saturated carbocycles. The van der Waals surface area contributed by atoms with Crippen molar-refractivity contribution in [1.29, 1.82) is 0 Å². The van der Waals surface area contributed by atoms with Gasteiger partial charge in [-0.1, -0.05) is 13.0 Å². The number of hydrogen-bond donors (Lipinski definition) is 2. The summed E-state index contributed by atoms with van der Waals surface area (Å²) in [6.07, 6.45) is 4.43. The molecule has 1 fully saturated rings. The number of amides is 2. The number of piperidine rings is 1. The van der Waals surface area contributed by atoms with Crippen LogP contribution in [0.25, 0.3) is 0 Å². The molecule has 1 aliphatic heterocycles. The van der Waals surface area contributed by atoms with Crippen LogP contribution >= 0.6 is 0 Å². The van der Waals surface area contributed by atoms with E-state index in [4.69, 9.17) is 5.73 Å². The van der Waals surface area contributed by atoms with Gasteiger partial charge in [0.15, 0.2) is 0 Å². The van der Waals surface area contributed by atoms with Crippen LogP contribution in [-0.2, 0) is 9.59 Å². The Kier molecular flexibility index (Phi) is 5.34. The predicted molar refractivity (Wildman–Crippen MR) is 99.1 cm³/mol. The molecule has 1 aliphatic rings. The molecule has 7 nitrogen and oxygen atoms in total. The van der Waals surface area contributed by atoms with Crippen LogP contribution in [0, 0.1) is 18.8 Å². The summed E-state index contributed by atoms with van der Waals surface area (Å²) in [5.74, 6) is -1.31. The number of nitrogen functional groups attached to an aromatic ring is 1. The van der Waals surface area contributed by atoms with Crippen molar-refractivity contribution in [1.82, 2.24) is 14.9 Å². The quantitative estimate of drug-likeness (QED) is 0.624. The summed E-state index contributed by atoms with van der Waals surface area (Å²) < 4.78 is 13.1. The minimum Gasteiger partial charge on any atom is -0.383 e. The van der Waals surface area contributed by atoms with E-state index in [0.717, 1.165) is 12.0 Å². The zero-order valence-electron chi connectivity index (χ0n) is 15.3. The van der Waals surface area contributed by atoms with Gasteiger partial charge in [0, 0.05) is 12.7 Å². The van der Waals surface area contributed by atoms with Crippen LogP contribution in [0.1, 0.15) is 36.9 Å². The highest BCUT2D eigenvalue weighted by Gasteiger charge is 2.34. The lowest BCUT2D eigenvalue weighted by Gasteiger charge is -2.38. The summed E-state index contributed by atoms with van der Waals surface area (Å²) in [6, 6.07) is 4.22. The average Bonchev–Trinajstić information content (AvgIpc) is 2.65. The highest BCUT2D eigenvalue weighted by molar-refractivity contribution is 6.39. The maximum atomic E-state index is 13.1. The number of carbonyl (C=O) groups excluding carboxylic acids is 2. The molecule has 1 saturated heterocycles. The first-order valence-electron chi connectivity index (χ1n) is 8.80. The highest BCUT2D eigenvalue weighted by Crippen LogP contribution is 2.33. The molecule has 2 atom stereocenters. The second-order valence-electron chi connectivity index (χ2n) is 6.95. The monoisotopic (exact) mass is 371 g/mol. The van der Waals surface area contributed by atoms with E-state index in [1.807, 2.05) is 6.92 Å². The molecule has 0 unspecified atom stereocenters. The maximum absolute atomic E-state index is 13.1. The molecule has 3 rings (SSSR count). The fourth-order valence-electron chi connectivity index (χ4n) is 3.28. The number of hydrogen-bond acceptors (Lipinski definition) is 5. The first-order chi connectivity index (χ1) is 12.8. The zero-order valence-corrected chi connectivity index (χ0v) is 15.3. The lowest BCUT2D eigenvalue weighted by atomic mass is 9.90. The van der Waals surface area contributed by atoms with Crippen molar-refractivity contribution in [3.8, 4) is 0 Å². The maximum Gasteiger partial charge on any atom is 0.313 e. The fraction of sp³-hybridized carbons (Fsp3) is 0.368. The third-order valence-electron chi connectivity index (χ3n) is 4.78. The molecule has 8 heteroatoms. The number of nitrogens with one attached hydrogen (secondary N) is 1. The first-order valence-corrected chi connectivity index (χ1v) is 8.80. The van der Waals surface area contributed by atoms with Crippen molar-refractivity contribution in [2.75, 3.05) is 17.6 Å². The Bertz CT molecular complexity index is 856. The van der Waals surface area contributed by atoms with Crippen LogP contribution in [0.5, 0.6) is 0 Å². The van der Waals surface area contributed by atoms with Crippen molar-refractivity contribution in [2.45, 2.75) is 32.7 Å². The number of nitrogens with two attached hydrogens (primary N) is 1. The molecule has 3 N–H and O–H groups in total. The van der Waals surface area contributed by atoms with Gasteiger partial charge >= 0.3 is 11.8 Å². The van der Waals surface area contributed by atoms with Gasteiger partial charge in [-0.3, -0.25) is 9.59 Å². The van der Waals surface area contributed by atoms with Gasteiger partial charge in [-0.25, -0.2) is 9.97 Å². The average molecular weight is 371 g/mol. The van der Waals surface area contributed by atoms with Gasteiger partial charge in [-0.15, -0.1) is 0 Å². The van der Waals surface area contributed by atoms with Crippen molar-refractivity contribution in [3.05, 3.63) is 47.7 Å². The zero-order chi connectivity index (χ0) is 19.6. The van der Waals surface area contributed by atoms with Gasteiger partial charge < -0.3 is 16.0 Å². The summed E-state index contributed by atoms with van der Waals surface area (Å²) >= 11 is 0. The van der Waals surface area contributed by atoms with Gasteiger partial charge in [0.1, 0.15) is 5.82 Å². The van der Waals surface area contributed by atoms with E-state index < -0.39 is 17.8 Å². The highest BCUT2D eigenvalue weighted by atomic mass is 19.1. The van der Waals surface area contributed by atoms with Crippen molar-refractivity contribution < 1.29 is 14.0 Å². The van der Waals surface area contributed by atoms with Gasteiger partial charge in [0.2, 0.25) is 5.95 Å². The van der Waals surface area contributed by atoms with Crippen molar-refractivity contribution in [2.24, 2.45) is 5.92 Å². The Labute approximate surface area is 156 Å². The number of likely N-dealkylation sites (tertiary alicyclic amines) is 1. The first kappa shape index (κ1) is 18.8. The van der Waals surface area contributed by atoms with E-state index >= 15 is 0 Å². The Balaban J connectivity index is 1.79. The van der Waals surface area contributed by atoms with Crippen LogP contribution in [0.2, 0.25) is 0 Å². The Hall–Kier alpha value is -3.03. The van der Waals surface area contributed by atoms with Crippen LogP contribution < -0.4 is 11.1 Å². The molecule has 0 aromatic carbocycles. The summed E-state index contributed by atoms with van der Waals surface area (Å²) in [5.41, 5.74) is 7.51. The molecule has 2 aromatic rings. The smallest absolute Gasteiger partial charge is 0.313 e. The normalized spacial score (nSPS) is 19.6. The number of anilines is 2. The van der Waals surface area contributed by atoms with Gasteiger partial charge in [0.05, 0.1) is 17.9 Å². The number of aryl methyl sites for hydroxylation is 1. The molecular weight excluding hydrogens is 349 g/mol. The van der Waals surface area contributed by atoms with Gasteiger partial charge in [0.25, 0.3) is 0 Å². The van der Waals surface area contributed by atoms with Crippen LogP contribution in [0.3, 0.4) is 0 Å². The molecule has 0 spiro atoms. The van der Waals surface area contributed by atoms with E-state index in [1.165, 1.54) is 23.4 Å². The second-order valence-corrected chi connectivity index (χ2v) is 6.95. The summed E-state index contributed by atoms with van der Waals surface area (Å²) in [6.45, 7) is 4.25. The fourth-order valence-corrected chi connectivity index (χ4v) is 3.28. The van der Waals surface area contributed by atoms with Crippen LogP contribution in [-0.4, -0.2) is 33.2 Å². The summed E-state index contributed by atoms with van der Waals surface area (Å²) in [4.78, 5) is 34.5. The van der Waals surface area contributed by atoms with E-state index in [1.54, 1.807) is 19.1 Å². The van der Waals surface area contributed by atoms with E-state index in [-0.39, 0.29) is 12.0 Å². The third kappa shape index (κ3) is 4.21. The topological polar surface area (TPSA) is 101 Å². The summed E-state index contributed by atoms with van der Waals surface area (Å²) in [5, 5.41) is 2.58. The number of halogens is 1. The lowest BCUT2D eigenvalue weighted by Crippen LogP contribution is -2.46. The molecule has 2 amide bonds. The molecule has 0 bridgehead atoms. The minimum absolute atomic E-state index is 0.270. The minimum atomic E-state index is -0.741. The largest absolute Gasteiger partial charge is 0.383 e. The van der Waals surface area contributed by atoms with Gasteiger partial charge in [-0.05, 0) is 48.9 Å². The number of rotatable bonds is 2. The molecular formula is C19H22FN5O2. The van der Waals surface area contributed by atoms with E-state index in [9.17, 15) is 14.0 Å². The third-order valence-corrected chi connectivity index (χ3v) is 4.78. The van der Waals surface area contributed by atoms with Crippen LogP contribution in [0.4, 0.5) is 15.9 Å². The lowest BCUT2D eigenvalue weighted by molar-refractivity contribution is -0.146. The molecule has 2 aromatic heterocycles. The van der Waals surface area contributed by atoms with E-state index in [0.29, 0.717) is 30.0 Å². The molecule has 0 radical (unpaired) electrons. The molecule has 0 aliphatic carbocycles. The number of aromatic nitrogens is 2. The second kappa shape index (κ2) is 7.69. The molecule has 3 heterocycles. The van der Waals surface area contributed by atoms with E-state index in [2.05, 4.69) is 15.3 Å². The molecule has 142 valence electrons. The number of pyridine rings is 2. The Morgan fingerprint density at radius 3 is 2.70 bits per heavy atom. The Morgan fingerprint density at radius 1 is 1.26 bits per heavy atom. The van der Waals surface area contributed by atoms with Crippen LogP contribution in [0.15, 0.2) is 30.6 Å². The SMILES string of the molecule is Cc1cc(NC(=O)C(=O)N2C[C@@H](C)CC[C@@H]2c2ccc(F)nc2)cnc1N. The standard InChI is InChI=1S/C19H22FN5O2/c1-11-3-5-15(13-4-6-16(20)22-8-13)25(10-11)19(27)18(26)24-14-7-12(2)17(21)23-9-14/h4,6-9,11,15H,3,5,10H2,1-2H3,(H2,21,23)(H,24,26)/t11-,15+/m0/s1. The summed E-state index contributed by atoms with van der Waals surface area (Å²) in [7, 11) is 0. The number of nitrogens with zero attached hydrogens (tertiary/aromatic N) is 3. The number of carbonyl (C=O) groups is 2. The van der Waals surface area contributed by atoms with Gasteiger partial charge in [-0.2, -0.15) is 4.39 Å².